The number of thiazole rings is 1. The summed E-state index contributed by atoms with van der Waals surface area (Å²) in [4.78, 5) is 16.3. The molecule has 3 aromatic rings. The molecule has 0 aliphatic carbocycles. The Kier molecular flexibility index (Phi) is 3.01. The van der Waals surface area contributed by atoms with Crippen LogP contribution in [0.15, 0.2) is 48.5 Å². The summed E-state index contributed by atoms with van der Waals surface area (Å²) < 4.78 is 5.92. The van der Waals surface area contributed by atoms with E-state index < -0.39 is 0 Å². The van der Waals surface area contributed by atoms with Gasteiger partial charge in [-0.1, -0.05) is 30.3 Å². The molecule has 0 aliphatic heterocycles. The van der Waals surface area contributed by atoms with Crippen LogP contribution in [-0.4, -0.2) is 18.1 Å². The second kappa shape index (κ2) is 4.82. The lowest BCUT2D eigenvalue weighted by atomic mass is 10.1. The Morgan fingerprint density at radius 2 is 1.84 bits per heavy atom. The molecule has 94 valence electrons. The number of carbonyl (C=O) groups is 1. The van der Waals surface area contributed by atoms with E-state index in [4.69, 9.17) is 4.74 Å². The standard InChI is InChI=1S/C15H11NO2S/c1-18-15(17)11-7-3-2-6-10(11)14-16-12-8-4-5-9-13(12)19-14/h2-9H,1H3. The maximum absolute atomic E-state index is 11.8. The molecule has 0 radical (unpaired) electrons. The van der Waals surface area contributed by atoms with Gasteiger partial charge in [0.05, 0.1) is 22.9 Å². The van der Waals surface area contributed by atoms with Gasteiger partial charge in [0.2, 0.25) is 0 Å². The number of carbonyl (C=O) groups excluding carboxylic acids is 1. The zero-order valence-corrected chi connectivity index (χ0v) is 11.1. The molecular formula is C15H11NO2S. The maximum atomic E-state index is 11.8. The Morgan fingerprint density at radius 3 is 2.63 bits per heavy atom. The second-order valence-electron chi connectivity index (χ2n) is 4.02. The Morgan fingerprint density at radius 1 is 1.11 bits per heavy atom. The number of hydrogen-bond acceptors (Lipinski definition) is 4. The zero-order valence-electron chi connectivity index (χ0n) is 10.3. The summed E-state index contributed by atoms with van der Waals surface area (Å²) >= 11 is 1.57. The summed E-state index contributed by atoms with van der Waals surface area (Å²) in [5, 5.41) is 0.835. The highest BCUT2D eigenvalue weighted by Gasteiger charge is 2.15. The largest absolute Gasteiger partial charge is 0.465 e. The molecule has 0 unspecified atom stereocenters. The highest BCUT2D eigenvalue weighted by Crippen LogP contribution is 2.32. The summed E-state index contributed by atoms with van der Waals surface area (Å²) in [6.07, 6.45) is 0. The van der Waals surface area contributed by atoms with Crippen molar-refractivity contribution in [1.82, 2.24) is 4.98 Å². The van der Waals surface area contributed by atoms with Gasteiger partial charge in [-0.15, -0.1) is 11.3 Å². The van der Waals surface area contributed by atoms with Gasteiger partial charge in [-0.05, 0) is 18.2 Å². The fourth-order valence-corrected chi connectivity index (χ4v) is 2.95. The minimum Gasteiger partial charge on any atom is -0.465 e. The van der Waals surface area contributed by atoms with E-state index in [-0.39, 0.29) is 5.97 Å². The Labute approximate surface area is 114 Å². The smallest absolute Gasteiger partial charge is 0.338 e. The molecular weight excluding hydrogens is 258 g/mol. The van der Waals surface area contributed by atoms with E-state index in [1.54, 1.807) is 17.4 Å². The maximum Gasteiger partial charge on any atom is 0.338 e. The molecule has 0 N–H and O–H groups in total. The predicted molar refractivity (Wildman–Crippen MR) is 76.4 cm³/mol. The number of fused-ring (bicyclic) bond motifs is 1. The number of para-hydroxylation sites is 1. The van der Waals surface area contributed by atoms with Crippen LogP contribution in [0.5, 0.6) is 0 Å². The van der Waals surface area contributed by atoms with Crippen molar-refractivity contribution in [3.05, 3.63) is 54.1 Å². The van der Waals surface area contributed by atoms with Crippen LogP contribution < -0.4 is 0 Å². The van der Waals surface area contributed by atoms with Crippen LogP contribution in [0, 0.1) is 0 Å². The van der Waals surface area contributed by atoms with Gasteiger partial charge >= 0.3 is 5.97 Å². The summed E-state index contributed by atoms with van der Waals surface area (Å²) in [7, 11) is 1.39. The highest BCUT2D eigenvalue weighted by atomic mass is 32.1. The third-order valence-electron chi connectivity index (χ3n) is 2.86. The van der Waals surface area contributed by atoms with Crippen LogP contribution in [-0.2, 0) is 4.74 Å². The van der Waals surface area contributed by atoms with E-state index >= 15 is 0 Å². The summed E-state index contributed by atoms with van der Waals surface area (Å²) in [6, 6.07) is 15.3. The molecule has 0 aliphatic rings. The fourth-order valence-electron chi connectivity index (χ4n) is 1.94. The van der Waals surface area contributed by atoms with Crippen molar-refractivity contribution in [2.45, 2.75) is 0 Å². The van der Waals surface area contributed by atoms with Crippen LogP contribution in [0.2, 0.25) is 0 Å². The lowest BCUT2D eigenvalue weighted by Crippen LogP contribution is -2.02. The molecule has 1 heterocycles. The quantitative estimate of drug-likeness (QED) is 0.665. The van der Waals surface area contributed by atoms with Gasteiger partial charge in [-0.2, -0.15) is 0 Å². The average molecular weight is 269 g/mol. The molecule has 0 saturated carbocycles. The fraction of sp³-hybridized carbons (Fsp3) is 0.0667. The molecule has 1 aromatic heterocycles. The van der Waals surface area contributed by atoms with Crippen LogP contribution in [0.3, 0.4) is 0 Å². The van der Waals surface area contributed by atoms with Gasteiger partial charge in [-0.25, -0.2) is 9.78 Å². The predicted octanol–water partition coefficient (Wildman–Crippen LogP) is 3.75. The minimum atomic E-state index is -0.338. The van der Waals surface area contributed by atoms with Gasteiger partial charge in [0.25, 0.3) is 0 Å². The number of esters is 1. The molecule has 0 fully saturated rings. The summed E-state index contributed by atoms with van der Waals surface area (Å²) in [5.74, 6) is -0.338. The molecule has 0 atom stereocenters. The summed E-state index contributed by atoms with van der Waals surface area (Å²) in [6.45, 7) is 0. The zero-order chi connectivity index (χ0) is 13.2. The first-order chi connectivity index (χ1) is 9.29. The van der Waals surface area contributed by atoms with Crippen molar-refractivity contribution >= 4 is 27.5 Å². The van der Waals surface area contributed by atoms with Crippen LogP contribution in [0.1, 0.15) is 10.4 Å². The van der Waals surface area contributed by atoms with E-state index in [1.165, 1.54) is 7.11 Å². The first-order valence-electron chi connectivity index (χ1n) is 5.83. The Hall–Kier alpha value is -2.20. The third kappa shape index (κ3) is 2.11. The number of rotatable bonds is 2. The molecule has 3 rings (SSSR count). The molecule has 2 aromatic carbocycles. The minimum absolute atomic E-state index is 0.338. The monoisotopic (exact) mass is 269 g/mol. The van der Waals surface area contributed by atoms with E-state index in [9.17, 15) is 4.79 Å². The lowest BCUT2D eigenvalue weighted by Gasteiger charge is -2.04. The van der Waals surface area contributed by atoms with E-state index in [0.29, 0.717) is 5.56 Å². The number of ether oxygens (including phenoxy) is 1. The first-order valence-corrected chi connectivity index (χ1v) is 6.64. The van der Waals surface area contributed by atoms with Crippen LogP contribution >= 0.6 is 11.3 Å². The van der Waals surface area contributed by atoms with Crippen molar-refractivity contribution in [3.63, 3.8) is 0 Å². The molecule has 19 heavy (non-hydrogen) atoms. The topological polar surface area (TPSA) is 39.2 Å². The van der Waals surface area contributed by atoms with E-state index in [2.05, 4.69) is 4.98 Å². The number of aromatic nitrogens is 1. The molecule has 0 bridgehead atoms. The van der Waals surface area contributed by atoms with Gasteiger partial charge in [0.1, 0.15) is 5.01 Å². The van der Waals surface area contributed by atoms with E-state index in [1.807, 2.05) is 42.5 Å². The van der Waals surface area contributed by atoms with Gasteiger partial charge in [-0.3, -0.25) is 0 Å². The van der Waals surface area contributed by atoms with Crippen LogP contribution in [0.25, 0.3) is 20.8 Å². The first kappa shape index (κ1) is 11.9. The second-order valence-corrected chi connectivity index (χ2v) is 5.05. The average Bonchev–Trinajstić information content (AvgIpc) is 2.90. The van der Waals surface area contributed by atoms with Crippen molar-refractivity contribution in [3.8, 4) is 10.6 Å². The number of benzene rings is 2. The number of methoxy groups -OCH3 is 1. The van der Waals surface area contributed by atoms with Gasteiger partial charge in [0, 0.05) is 5.56 Å². The van der Waals surface area contributed by atoms with Crippen molar-refractivity contribution in [2.75, 3.05) is 7.11 Å². The molecule has 0 spiro atoms. The highest BCUT2D eigenvalue weighted by molar-refractivity contribution is 7.21. The molecule has 0 saturated heterocycles. The molecule has 0 amide bonds. The molecule has 3 nitrogen and oxygen atoms in total. The van der Waals surface area contributed by atoms with E-state index in [0.717, 1.165) is 20.8 Å². The van der Waals surface area contributed by atoms with Crippen LogP contribution in [0.4, 0.5) is 0 Å². The van der Waals surface area contributed by atoms with Crippen molar-refractivity contribution in [2.24, 2.45) is 0 Å². The van der Waals surface area contributed by atoms with Crippen molar-refractivity contribution in [1.29, 1.82) is 0 Å². The normalized spacial score (nSPS) is 10.6. The molecule has 4 heteroatoms. The number of nitrogens with zero attached hydrogens (tertiary/aromatic N) is 1. The van der Waals surface area contributed by atoms with Crippen molar-refractivity contribution < 1.29 is 9.53 Å². The lowest BCUT2D eigenvalue weighted by molar-refractivity contribution is 0.0601. The third-order valence-corrected chi connectivity index (χ3v) is 3.93. The number of hydrogen-bond donors (Lipinski definition) is 0. The summed E-state index contributed by atoms with van der Waals surface area (Å²) in [5.41, 5.74) is 2.31. The Balaban J connectivity index is 2.18. The van der Waals surface area contributed by atoms with Gasteiger partial charge in [0.15, 0.2) is 0 Å². The SMILES string of the molecule is COC(=O)c1ccccc1-c1nc2ccccc2s1. The Bertz CT molecular complexity index is 715. The van der Waals surface area contributed by atoms with Gasteiger partial charge < -0.3 is 4.74 Å².